The van der Waals surface area contributed by atoms with Gasteiger partial charge >= 0.3 is 0 Å². The first-order valence-corrected chi connectivity index (χ1v) is 9.04. The van der Waals surface area contributed by atoms with Gasteiger partial charge in [-0.2, -0.15) is 0 Å². The smallest absolute Gasteiger partial charge is 0.156 e. The third-order valence-corrected chi connectivity index (χ3v) is 5.35. The number of nitrogens with one attached hydrogen (secondary N) is 1. The van der Waals surface area contributed by atoms with Crippen LogP contribution < -0.4 is 10.1 Å². The van der Waals surface area contributed by atoms with Crippen molar-refractivity contribution in [1.82, 2.24) is 5.32 Å². The minimum absolute atomic E-state index is 0.169. The fourth-order valence-electron chi connectivity index (χ4n) is 2.20. The van der Waals surface area contributed by atoms with Gasteiger partial charge in [-0.05, 0) is 12.1 Å². The molecule has 2 unspecified atom stereocenters. The zero-order chi connectivity index (χ0) is 15.6. The van der Waals surface area contributed by atoms with Crippen molar-refractivity contribution in [2.45, 2.75) is 38.6 Å². The van der Waals surface area contributed by atoms with Crippen molar-refractivity contribution in [2.24, 2.45) is 0 Å². The summed E-state index contributed by atoms with van der Waals surface area (Å²) in [6.07, 6.45) is -1.74. The van der Waals surface area contributed by atoms with Gasteiger partial charge in [-0.25, -0.2) is 8.42 Å². The number of rotatable bonds is 5. The second-order valence-corrected chi connectivity index (χ2v) is 8.11. The number of benzene rings is 1. The highest BCUT2D eigenvalue weighted by molar-refractivity contribution is 7.91. The number of ether oxygens (including phenoxy) is 1. The van der Waals surface area contributed by atoms with Crippen LogP contribution >= 0.6 is 11.6 Å². The normalized spacial score (nSPS) is 24.4. The SMILES string of the molecule is CC(C)NCc1c(Cl)cccc1OC1CS(=O)(=O)CC1O. The first-order chi connectivity index (χ1) is 9.78. The molecule has 1 aliphatic rings. The number of aliphatic hydroxyl groups is 1. The summed E-state index contributed by atoms with van der Waals surface area (Å²) in [5.41, 5.74) is 0.768. The standard InChI is InChI=1S/C14H20ClNO4S/c1-9(2)16-6-10-11(15)4-3-5-13(10)20-14-8-21(18,19)7-12(14)17/h3-5,9,12,14,16-17H,6-8H2,1-2H3. The molecule has 0 bridgehead atoms. The number of hydrogen-bond acceptors (Lipinski definition) is 5. The number of aliphatic hydroxyl groups excluding tert-OH is 1. The van der Waals surface area contributed by atoms with Crippen LogP contribution in [-0.4, -0.2) is 43.3 Å². The van der Waals surface area contributed by atoms with Crippen LogP contribution in [-0.2, 0) is 16.4 Å². The van der Waals surface area contributed by atoms with Gasteiger partial charge in [0.2, 0.25) is 0 Å². The molecule has 21 heavy (non-hydrogen) atoms. The number of halogens is 1. The van der Waals surface area contributed by atoms with E-state index in [1.807, 2.05) is 13.8 Å². The molecule has 2 atom stereocenters. The Bertz CT molecular complexity index is 603. The molecule has 7 heteroatoms. The number of sulfone groups is 1. The summed E-state index contributed by atoms with van der Waals surface area (Å²) in [4.78, 5) is 0. The molecule has 118 valence electrons. The van der Waals surface area contributed by atoms with Gasteiger partial charge in [0.1, 0.15) is 18.0 Å². The third-order valence-electron chi connectivity index (χ3n) is 3.31. The van der Waals surface area contributed by atoms with Crippen LogP contribution in [0.25, 0.3) is 0 Å². The topological polar surface area (TPSA) is 75.6 Å². The molecule has 1 aliphatic heterocycles. The highest BCUT2D eigenvalue weighted by Gasteiger charge is 2.38. The molecule has 0 saturated carbocycles. The summed E-state index contributed by atoms with van der Waals surface area (Å²) in [7, 11) is -3.24. The van der Waals surface area contributed by atoms with E-state index in [0.717, 1.165) is 5.56 Å². The number of hydrogen-bond donors (Lipinski definition) is 2. The first kappa shape index (κ1) is 16.5. The predicted octanol–water partition coefficient (Wildman–Crippen LogP) is 1.37. The highest BCUT2D eigenvalue weighted by Crippen LogP contribution is 2.29. The summed E-state index contributed by atoms with van der Waals surface area (Å²) in [6.45, 7) is 4.55. The monoisotopic (exact) mass is 333 g/mol. The molecule has 0 radical (unpaired) electrons. The lowest BCUT2D eigenvalue weighted by Gasteiger charge is -2.20. The third kappa shape index (κ3) is 4.32. The van der Waals surface area contributed by atoms with E-state index >= 15 is 0 Å². The fraction of sp³-hybridized carbons (Fsp3) is 0.571. The lowest BCUT2D eigenvalue weighted by atomic mass is 10.1. The average molecular weight is 334 g/mol. The molecule has 0 aromatic heterocycles. The Kier molecular flexibility index (Phi) is 5.14. The van der Waals surface area contributed by atoms with Crippen LogP contribution in [0.1, 0.15) is 19.4 Å². The van der Waals surface area contributed by atoms with Crippen LogP contribution in [0.15, 0.2) is 18.2 Å². The molecule has 0 spiro atoms. The second kappa shape index (κ2) is 6.52. The van der Waals surface area contributed by atoms with E-state index in [2.05, 4.69) is 5.32 Å². The van der Waals surface area contributed by atoms with Gasteiger partial charge in [-0.3, -0.25) is 0 Å². The Morgan fingerprint density at radius 1 is 1.43 bits per heavy atom. The van der Waals surface area contributed by atoms with Crippen molar-refractivity contribution >= 4 is 21.4 Å². The fourth-order valence-corrected chi connectivity index (χ4v) is 4.09. The predicted molar refractivity (Wildman–Crippen MR) is 82.5 cm³/mol. The van der Waals surface area contributed by atoms with Crippen molar-refractivity contribution in [3.05, 3.63) is 28.8 Å². The molecule has 5 nitrogen and oxygen atoms in total. The molecular formula is C14H20ClNO4S. The van der Waals surface area contributed by atoms with Crippen LogP contribution in [0.5, 0.6) is 5.75 Å². The van der Waals surface area contributed by atoms with E-state index in [1.54, 1.807) is 18.2 Å². The lowest BCUT2D eigenvalue weighted by Crippen LogP contribution is -2.30. The minimum Gasteiger partial charge on any atom is -0.486 e. The van der Waals surface area contributed by atoms with E-state index < -0.39 is 22.0 Å². The highest BCUT2D eigenvalue weighted by atomic mass is 35.5. The van der Waals surface area contributed by atoms with Crippen molar-refractivity contribution in [3.63, 3.8) is 0 Å². The van der Waals surface area contributed by atoms with Crippen molar-refractivity contribution in [3.8, 4) is 5.75 Å². The molecule has 0 aliphatic carbocycles. The van der Waals surface area contributed by atoms with E-state index in [9.17, 15) is 13.5 Å². The van der Waals surface area contributed by atoms with E-state index in [-0.39, 0.29) is 17.5 Å². The lowest BCUT2D eigenvalue weighted by molar-refractivity contribution is 0.0730. The molecular weight excluding hydrogens is 314 g/mol. The Balaban J connectivity index is 2.18. The summed E-state index contributed by atoms with van der Waals surface area (Å²) in [5, 5.41) is 13.6. The molecule has 2 N–H and O–H groups in total. The van der Waals surface area contributed by atoms with Crippen LogP contribution in [0, 0.1) is 0 Å². The van der Waals surface area contributed by atoms with Crippen LogP contribution in [0.4, 0.5) is 0 Å². The van der Waals surface area contributed by atoms with Crippen molar-refractivity contribution < 1.29 is 18.3 Å². The maximum Gasteiger partial charge on any atom is 0.156 e. The quantitative estimate of drug-likeness (QED) is 0.851. The molecule has 1 aromatic rings. The van der Waals surface area contributed by atoms with Gasteiger partial charge in [0.05, 0.1) is 11.5 Å². The second-order valence-electron chi connectivity index (χ2n) is 5.55. The summed E-state index contributed by atoms with van der Waals surface area (Å²) in [6, 6.07) is 5.52. The first-order valence-electron chi connectivity index (χ1n) is 6.84. The van der Waals surface area contributed by atoms with Gasteiger partial charge in [0, 0.05) is 23.2 Å². The van der Waals surface area contributed by atoms with Gasteiger partial charge in [0.25, 0.3) is 0 Å². The van der Waals surface area contributed by atoms with Gasteiger partial charge in [0.15, 0.2) is 9.84 Å². The maximum atomic E-state index is 11.5. The zero-order valence-electron chi connectivity index (χ0n) is 12.0. The van der Waals surface area contributed by atoms with Gasteiger partial charge in [-0.1, -0.05) is 31.5 Å². The Morgan fingerprint density at radius 2 is 2.14 bits per heavy atom. The van der Waals surface area contributed by atoms with Gasteiger partial charge < -0.3 is 15.2 Å². The summed E-state index contributed by atoms with van der Waals surface area (Å²) >= 11 is 6.19. The largest absolute Gasteiger partial charge is 0.486 e. The Hall–Kier alpha value is -0.820. The molecule has 1 saturated heterocycles. The molecule has 2 rings (SSSR count). The van der Waals surface area contributed by atoms with Crippen LogP contribution in [0.3, 0.4) is 0 Å². The minimum atomic E-state index is -3.24. The molecule has 1 aromatic carbocycles. The summed E-state index contributed by atoms with van der Waals surface area (Å²) in [5.74, 6) is 0.0898. The molecule has 0 amide bonds. The van der Waals surface area contributed by atoms with Crippen molar-refractivity contribution in [2.75, 3.05) is 11.5 Å². The van der Waals surface area contributed by atoms with Crippen LogP contribution in [0.2, 0.25) is 5.02 Å². The Morgan fingerprint density at radius 3 is 2.71 bits per heavy atom. The van der Waals surface area contributed by atoms with Gasteiger partial charge in [-0.15, -0.1) is 0 Å². The van der Waals surface area contributed by atoms with E-state index in [1.165, 1.54) is 0 Å². The maximum absolute atomic E-state index is 11.5. The average Bonchev–Trinajstić information content (AvgIpc) is 2.61. The Labute approximate surface area is 130 Å². The van der Waals surface area contributed by atoms with E-state index in [0.29, 0.717) is 17.3 Å². The van der Waals surface area contributed by atoms with E-state index in [4.69, 9.17) is 16.3 Å². The molecule has 1 heterocycles. The van der Waals surface area contributed by atoms with Crippen molar-refractivity contribution in [1.29, 1.82) is 0 Å². The zero-order valence-corrected chi connectivity index (χ0v) is 13.6. The molecule has 1 fully saturated rings. The summed E-state index contributed by atoms with van der Waals surface area (Å²) < 4.78 is 28.8.